The summed E-state index contributed by atoms with van der Waals surface area (Å²) in [4.78, 5) is 0. The molecule has 2 heterocycles. The highest BCUT2D eigenvalue weighted by atomic mass is 16.8. The molecule has 3 rings (SSSR count). The van der Waals surface area contributed by atoms with Gasteiger partial charge in [0.15, 0.2) is 6.29 Å². The summed E-state index contributed by atoms with van der Waals surface area (Å²) in [7, 11) is 1.56. The van der Waals surface area contributed by atoms with E-state index in [0.29, 0.717) is 5.57 Å². The average molecular weight is 360 g/mol. The topological polar surface area (TPSA) is 138 Å². The van der Waals surface area contributed by atoms with Crippen LogP contribution in [-0.4, -0.2) is 89.0 Å². The Labute approximate surface area is 144 Å². The van der Waals surface area contributed by atoms with Crippen LogP contribution in [0.5, 0.6) is 0 Å². The van der Waals surface area contributed by atoms with Crippen molar-refractivity contribution in [3.05, 3.63) is 24.0 Å². The van der Waals surface area contributed by atoms with Crippen molar-refractivity contribution in [3.8, 4) is 0 Å². The highest BCUT2D eigenvalue weighted by molar-refractivity contribution is 5.26. The molecule has 0 amide bonds. The quantitative estimate of drug-likeness (QED) is 0.347. The van der Waals surface area contributed by atoms with Crippen molar-refractivity contribution in [3.63, 3.8) is 0 Å². The fourth-order valence-corrected chi connectivity index (χ4v) is 3.58. The first-order chi connectivity index (χ1) is 12.0. The van der Waals surface area contributed by atoms with Gasteiger partial charge < -0.3 is 44.5 Å². The van der Waals surface area contributed by atoms with Crippen LogP contribution in [0.4, 0.5) is 0 Å². The molecule has 142 valence electrons. The fourth-order valence-electron chi connectivity index (χ4n) is 3.58. The van der Waals surface area contributed by atoms with Gasteiger partial charge in [-0.25, -0.2) is 0 Å². The van der Waals surface area contributed by atoms with Gasteiger partial charge in [0.25, 0.3) is 0 Å². The normalized spacial score (nSPS) is 46.5. The summed E-state index contributed by atoms with van der Waals surface area (Å²) in [6, 6.07) is 0. The van der Waals surface area contributed by atoms with Crippen LogP contribution in [0.15, 0.2) is 24.0 Å². The molecule has 0 aromatic rings. The standard InChI is InChI=1S/C16H24O9/c1-22-9-4-7(5-17)11-8(9)2-3-23-15(11)25-16-14(21)13(20)12(19)10(6-18)24-16/h2-4,8-21H,5-6H2,1H3/t8?,9-,10+,11?,12+,13-,14+,15-,16-/m0/s1. The Kier molecular flexibility index (Phi) is 5.76. The third-order valence-corrected chi connectivity index (χ3v) is 4.98. The lowest BCUT2D eigenvalue weighted by Crippen LogP contribution is -2.60. The molecule has 3 aliphatic rings. The van der Waals surface area contributed by atoms with Crippen molar-refractivity contribution in [1.29, 1.82) is 0 Å². The summed E-state index contributed by atoms with van der Waals surface area (Å²) in [5.74, 6) is -0.469. The van der Waals surface area contributed by atoms with Crippen LogP contribution in [0.2, 0.25) is 0 Å². The van der Waals surface area contributed by atoms with Crippen molar-refractivity contribution in [2.75, 3.05) is 20.3 Å². The molecule has 5 N–H and O–H groups in total. The summed E-state index contributed by atoms with van der Waals surface area (Å²) >= 11 is 0. The second-order valence-corrected chi connectivity index (χ2v) is 6.37. The zero-order valence-corrected chi connectivity index (χ0v) is 13.7. The number of rotatable bonds is 5. The largest absolute Gasteiger partial charge is 0.472 e. The summed E-state index contributed by atoms with van der Waals surface area (Å²) in [6.07, 6.45) is -2.96. The van der Waals surface area contributed by atoms with E-state index < -0.39 is 43.6 Å². The molecule has 25 heavy (non-hydrogen) atoms. The Morgan fingerprint density at radius 3 is 2.48 bits per heavy atom. The molecule has 1 aliphatic carbocycles. The molecular formula is C16H24O9. The van der Waals surface area contributed by atoms with E-state index >= 15 is 0 Å². The van der Waals surface area contributed by atoms with Crippen molar-refractivity contribution in [2.45, 2.75) is 43.1 Å². The van der Waals surface area contributed by atoms with Gasteiger partial charge in [0.2, 0.25) is 6.29 Å². The van der Waals surface area contributed by atoms with Crippen molar-refractivity contribution >= 4 is 0 Å². The summed E-state index contributed by atoms with van der Waals surface area (Å²) in [6.45, 7) is -0.747. The molecular weight excluding hydrogens is 336 g/mol. The molecule has 0 spiro atoms. The molecule has 2 unspecified atom stereocenters. The van der Waals surface area contributed by atoms with Crippen LogP contribution >= 0.6 is 0 Å². The van der Waals surface area contributed by atoms with Gasteiger partial charge in [0.05, 0.1) is 31.5 Å². The van der Waals surface area contributed by atoms with Crippen LogP contribution in [-0.2, 0) is 18.9 Å². The lowest BCUT2D eigenvalue weighted by Gasteiger charge is -2.42. The maximum absolute atomic E-state index is 10.1. The third-order valence-electron chi connectivity index (χ3n) is 4.98. The van der Waals surface area contributed by atoms with Crippen LogP contribution in [0.1, 0.15) is 0 Å². The van der Waals surface area contributed by atoms with Crippen LogP contribution < -0.4 is 0 Å². The molecule has 2 aliphatic heterocycles. The predicted octanol–water partition coefficient (Wildman–Crippen LogP) is -2.15. The molecule has 9 atom stereocenters. The zero-order chi connectivity index (χ0) is 18.1. The first-order valence-corrected chi connectivity index (χ1v) is 8.14. The number of aliphatic hydroxyl groups is 5. The zero-order valence-electron chi connectivity index (χ0n) is 13.7. The van der Waals surface area contributed by atoms with E-state index in [1.54, 1.807) is 13.2 Å². The number of hydrogen-bond acceptors (Lipinski definition) is 9. The summed E-state index contributed by atoms with van der Waals surface area (Å²) in [5.41, 5.74) is 0.677. The molecule has 1 saturated heterocycles. The van der Waals surface area contributed by atoms with E-state index in [1.165, 1.54) is 6.26 Å². The number of fused-ring (bicyclic) bond motifs is 1. The van der Waals surface area contributed by atoms with Gasteiger partial charge in [-0.3, -0.25) is 0 Å². The van der Waals surface area contributed by atoms with Gasteiger partial charge in [-0.15, -0.1) is 0 Å². The van der Waals surface area contributed by atoms with Gasteiger partial charge in [-0.05, 0) is 11.6 Å². The highest BCUT2D eigenvalue weighted by Crippen LogP contribution is 2.41. The van der Waals surface area contributed by atoms with Gasteiger partial charge in [0.1, 0.15) is 24.4 Å². The minimum absolute atomic E-state index is 0.115. The minimum atomic E-state index is -1.53. The molecule has 0 radical (unpaired) electrons. The van der Waals surface area contributed by atoms with E-state index in [-0.39, 0.29) is 24.5 Å². The van der Waals surface area contributed by atoms with Crippen molar-refractivity contribution in [1.82, 2.24) is 0 Å². The number of hydrogen-bond donors (Lipinski definition) is 5. The lowest BCUT2D eigenvalue weighted by atomic mass is 9.88. The van der Waals surface area contributed by atoms with Gasteiger partial charge >= 0.3 is 0 Å². The first kappa shape index (κ1) is 18.7. The minimum Gasteiger partial charge on any atom is -0.472 e. The van der Waals surface area contributed by atoms with E-state index in [4.69, 9.17) is 18.9 Å². The van der Waals surface area contributed by atoms with Crippen LogP contribution in [0.25, 0.3) is 0 Å². The second kappa shape index (κ2) is 7.68. The molecule has 9 nitrogen and oxygen atoms in total. The molecule has 1 fully saturated rings. The van der Waals surface area contributed by atoms with E-state index in [9.17, 15) is 25.5 Å². The number of methoxy groups -OCH3 is 1. The predicted molar refractivity (Wildman–Crippen MR) is 81.8 cm³/mol. The molecule has 0 aromatic heterocycles. The number of ether oxygens (including phenoxy) is 4. The maximum atomic E-state index is 10.1. The summed E-state index contributed by atoms with van der Waals surface area (Å²) < 4.78 is 21.9. The van der Waals surface area contributed by atoms with Gasteiger partial charge in [0, 0.05) is 13.0 Å². The number of aliphatic hydroxyl groups excluding tert-OH is 5. The summed E-state index contributed by atoms with van der Waals surface area (Å²) in [5, 5.41) is 48.7. The van der Waals surface area contributed by atoms with E-state index in [0.717, 1.165) is 0 Å². The molecule has 0 bridgehead atoms. The maximum Gasteiger partial charge on any atom is 0.209 e. The van der Waals surface area contributed by atoms with E-state index in [2.05, 4.69) is 0 Å². The molecule has 9 heteroatoms. The Hall–Kier alpha value is -1.04. The fraction of sp³-hybridized carbons (Fsp3) is 0.750. The van der Waals surface area contributed by atoms with Crippen LogP contribution in [0, 0.1) is 11.8 Å². The first-order valence-electron chi connectivity index (χ1n) is 8.14. The highest BCUT2D eigenvalue weighted by Gasteiger charge is 2.49. The lowest BCUT2D eigenvalue weighted by molar-refractivity contribution is -0.339. The van der Waals surface area contributed by atoms with E-state index in [1.807, 2.05) is 6.08 Å². The molecule has 0 saturated carbocycles. The second-order valence-electron chi connectivity index (χ2n) is 6.37. The van der Waals surface area contributed by atoms with Gasteiger partial charge in [-0.2, -0.15) is 0 Å². The Morgan fingerprint density at radius 2 is 1.84 bits per heavy atom. The van der Waals surface area contributed by atoms with Crippen LogP contribution in [0.3, 0.4) is 0 Å². The van der Waals surface area contributed by atoms with Gasteiger partial charge in [-0.1, -0.05) is 6.08 Å². The molecule has 0 aromatic carbocycles. The van der Waals surface area contributed by atoms with Crippen molar-refractivity contribution in [2.24, 2.45) is 11.8 Å². The monoisotopic (exact) mass is 360 g/mol. The van der Waals surface area contributed by atoms with Crippen molar-refractivity contribution < 1.29 is 44.5 Å². The average Bonchev–Trinajstić information content (AvgIpc) is 3.01. The Bertz CT molecular complexity index is 520. The Morgan fingerprint density at radius 1 is 1.08 bits per heavy atom. The third kappa shape index (κ3) is 3.34. The Balaban J connectivity index is 1.76. The smallest absolute Gasteiger partial charge is 0.209 e. The SMILES string of the molecule is CO[C@H]1C=C(CO)C2C1C=CO[C@H]2O[C@@H]1O[C@H](CO)[C@@H](O)[C@H](O)[C@H]1O.